The first-order valence-corrected chi connectivity index (χ1v) is 7.16. The van der Waals surface area contributed by atoms with Crippen molar-refractivity contribution in [3.05, 3.63) is 46.6 Å². The van der Waals surface area contributed by atoms with Gasteiger partial charge in [0.05, 0.1) is 15.8 Å². The van der Waals surface area contributed by atoms with Crippen LogP contribution in [0.5, 0.6) is 0 Å². The molecule has 0 aliphatic carbocycles. The van der Waals surface area contributed by atoms with Crippen LogP contribution in [0.4, 0.5) is 17.2 Å². The van der Waals surface area contributed by atoms with Crippen LogP contribution >= 0.6 is 15.9 Å². The van der Waals surface area contributed by atoms with E-state index in [2.05, 4.69) is 69.0 Å². The van der Waals surface area contributed by atoms with E-state index in [0.717, 1.165) is 23.4 Å². The summed E-state index contributed by atoms with van der Waals surface area (Å²) in [4.78, 5) is 9.12. The largest absolute Gasteiger partial charge is 0.371 e. The van der Waals surface area contributed by atoms with Gasteiger partial charge in [-0.2, -0.15) is 0 Å². The van der Waals surface area contributed by atoms with Gasteiger partial charge in [0.1, 0.15) is 5.82 Å². The van der Waals surface area contributed by atoms with Crippen LogP contribution in [0.25, 0.3) is 0 Å². The topological polar surface area (TPSA) is 19.4 Å². The van der Waals surface area contributed by atoms with Crippen molar-refractivity contribution in [2.45, 2.75) is 6.92 Å². The van der Waals surface area contributed by atoms with E-state index in [0.29, 0.717) is 0 Å². The highest BCUT2D eigenvalue weighted by atomic mass is 79.9. The van der Waals surface area contributed by atoms with Crippen LogP contribution in [-0.2, 0) is 0 Å². The number of rotatable bonds is 1. The number of hydrogen-bond acceptors (Lipinski definition) is 3. The maximum absolute atomic E-state index is 4.55. The van der Waals surface area contributed by atoms with Gasteiger partial charge in [-0.3, -0.25) is 0 Å². The fraction of sp³-hybridized carbons (Fsp3) is 0.267. The van der Waals surface area contributed by atoms with Crippen LogP contribution in [0.3, 0.4) is 0 Å². The van der Waals surface area contributed by atoms with Crippen molar-refractivity contribution < 1.29 is 0 Å². The molecular formula is C15H16BrN3. The van der Waals surface area contributed by atoms with E-state index in [1.807, 2.05) is 12.3 Å². The minimum absolute atomic E-state index is 0.947. The molecule has 0 atom stereocenters. The summed E-state index contributed by atoms with van der Waals surface area (Å²) in [5, 5.41) is 0. The molecule has 0 fully saturated rings. The molecule has 2 heterocycles. The molecule has 0 radical (unpaired) electrons. The molecule has 3 rings (SSSR count). The standard InChI is InChI=1S/C15H16BrN3/c1-11-7-8-17-15(14(11)16)19-10-9-18(2)12-5-3-4-6-13(12)19/h3-8H,9-10H2,1-2H3. The van der Waals surface area contributed by atoms with Crippen LogP contribution in [0, 0.1) is 6.92 Å². The molecule has 19 heavy (non-hydrogen) atoms. The lowest BCUT2D eigenvalue weighted by Gasteiger charge is -2.36. The van der Waals surface area contributed by atoms with Crippen LogP contribution in [0.15, 0.2) is 41.0 Å². The summed E-state index contributed by atoms with van der Waals surface area (Å²) in [5.41, 5.74) is 3.68. The molecule has 0 unspecified atom stereocenters. The number of anilines is 3. The third-order valence-corrected chi connectivity index (χ3v) is 4.54. The Bertz CT molecular complexity index is 612. The first kappa shape index (κ1) is 12.5. The third-order valence-electron chi connectivity index (χ3n) is 3.56. The fourth-order valence-electron chi connectivity index (χ4n) is 2.44. The van der Waals surface area contributed by atoms with Crippen molar-refractivity contribution in [3.63, 3.8) is 0 Å². The minimum Gasteiger partial charge on any atom is -0.371 e. The Morgan fingerprint density at radius 2 is 1.84 bits per heavy atom. The zero-order chi connectivity index (χ0) is 13.4. The maximum atomic E-state index is 4.55. The molecule has 1 aliphatic heterocycles. The average Bonchev–Trinajstić information content (AvgIpc) is 2.43. The normalized spacial score (nSPS) is 14.5. The van der Waals surface area contributed by atoms with Crippen LogP contribution in [0.2, 0.25) is 0 Å². The molecule has 2 aromatic rings. The number of pyridine rings is 1. The smallest absolute Gasteiger partial charge is 0.147 e. The molecular weight excluding hydrogens is 302 g/mol. The number of aryl methyl sites for hydroxylation is 1. The molecule has 0 saturated heterocycles. The van der Waals surface area contributed by atoms with E-state index in [9.17, 15) is 0 Å². The lowest BCUT2D eigenvalue weighted by atomic mass is 10.1. The van der Waals surface area contributed by atoms with Gasteiger partial charge in [-0.15, -0.1) is 0 Å². The van der Waals surface area contributed by atoms with Gasteiger partial charge in [-0.1, -0.05) is 12.1 Å². The number of likely N-dealkylation sites (N-methyl/N-ethyl adjacent to an activating group) is 1. The molecule has 1 aromatic carbocycles. The summed E-state index contributed by atoms with van der Waals surface area (Å²) in [7, 11) is 2.13. The maximum Gasteiger partial charge on any atom is 0.147 e. The zero-order valence-corrected chi connectivity index (χ0v) is 12.7. The second kappa shape index (κ2) is 4.85. The Morgan fingerprint density at radius 3 is 2.63 bits per heavy atom. The van der Waals surface area contributed by atoms with Crippen molar-refractivity contribution in [2.24, 2.45) is 0 Å². The van der Waals surface area contributed by atoms with Crippen LogP contribution < -0.4 is 9.80 Å². The highest BCUT2D eigenvalue weighted by Crippen LogP contribution is 2.39. The summed E-state index contributed by atoms with van der Waals surface area (Å²) >= 11 is 3.66. The summed E-state index contributed by atoms with van der Waals surface area (Å²) in [6, 6.07) is 10.5. The van der Waals surface area contributed by atoms with E-state index < -0.39 is 0 Å². The van der Waals surface area contributed by atoms with Crippen molar-refractivity contribution >= 4 is 33.1 Å². The number of para-hydroxylation sites is 2. The number of benzene rings is 1. The van der Waals surface area contributed by atoms with Crippen molar-refractivity contribution in [3.8, 4) is 0 Å². The molecule has 0 bridgehead atoms. The van der Waals surface area contributed by atoms with Gasteiger partial charge in [0.2, 0.25) is 0 Å². The monoisotopic (exact) mass is 317 g/mol. The third kappa shape index (κ3) is 2.10. The van der Waals surface area contributed by atoms with Crippen molar-refractivity contribution in [1.82, 2.24) is 4.98 Å². The molecule has 0 N–H and O–H groups in total. The van der Waals surface area contributed by atoms with Gasteiger partial charge >= 0.3 is 0 Å². The number of hydrogen-bond donors (Lipinski definition) is 0. The summed E-state index contributed by atoms with van der Waals surface area (Å²) < 4.78 is 1.08. The van der Waals surface area contributed by atoms with Gasteiger partial charge in [0.15, 0.2) is 0 Å². The van der Waals surface area contributed by atoms with E-state index in [1.54, 1.807) is 0 Å². The van der Waals surface area contributed by atoms with Crippen LogP contribution in [-0.4, -0.2) is 25.1 Å². The van der Waals surface area contributed by atoms with Crippen molar-refractivity contribution in [1.29, 1.82) is 0 Å². The number of nitrogens with zero attached hydrogens (tertiary/aromatic N) is 3. The predicted molar refractivity (Wildman–Crippen MR) is 83.4 cm³/mol. The summed E-state index contributed by atoms with van der Waals surface area (Å²) in [6.07, 6.45) is 1.87. The fourth-order valence-corrected chi connectivity index (χ4v) is 2.89. The first-order chi connectivity index (χ1) is 9.18. The number of aromatic nitrogens is 1. The van der Waals surface area contributed by atoms with Crippen molar-refractivity contribution in [2.75, 3.05) is 29.9 Å². The zero-order valence-electron chi connectivity index (χ0n) is 11.1. The molecule has 4 heteroatoms. The highest BCUT2D eigenvalue weighted by molar-refractivity contribution is 9.10. The lowest BCUT2D eigenvalue weighted by molar-refractivity contribution is 0.811. The highest BCUT2D eigenvalue weighted by Gasteiger charge is 2.23. The van der Waals surface area contributed by atoms with Gasteiger partial charge in [0, 0.05) is 26.3 Å². The quantitative estimate of drug-likeness (QED) is 0.798. The Labute approximate surface area is 122 Å². The number of halogens is 1. The van der Waals surface area contributed by atoms with Gasteiger partial charge in [0.25, 0.3) is 0 Å². The molecule has 1 aromatic heterocycles. The second-order valence-corrected chi connectivity index (χ2v) is 5.62. The summed E-state index contributed by atoms with van der Waals surface area (Å²) in [6.45, 7) is 4.04. The SMILES string of the molecule is Cc1ccnc(N2CCN(C)c3ccccc32)c1Br. The Morgan fingerprint density at radius 1 is 1.11 bits per heavy atom. The Kier molecular flexibility index (Phi) is 3.19. The molecule has 0 amide bonds. The van der Waals surface area contributed by atoms with E-state index in [-0.39, 0.29) is 0 Å². The Hall–Kier alpha value is -1.55. The van der Waals surface area contributed by atoms with Crippen LogP contribution in [0.1, 0.15) is 5.56 Å². The molecule has 3 nitrogen and oxygen atoms in total. The van der Waals surface area contributed by atoms with Gasteiger partial charge in [-0.25, -0.2) is 4.98 Å². The lowest BCUT2D eigenvalue weighted by Crippen LogP contribution is -2.37. The molecule has 0 saturated carbocycles. The van der Waals surface area contributed by atoms with E-state index >= 15 is 0 Å². The molecule has 1 aliphatic rings. The van der Waals surface area contributed by atoms with E-state index in [1.165, 1.54) is 16.9 Å². The second-order valence-electron chi connectivity index (χ2n) is 4.83. The number of fused-ring (bicyclic) bond motifs is 1. The van der Waals surface area contributed by atoms with Gasteiger partial charge < -0.3 is 9.80 Å². The average molecular weight is 318 g/mol. The predicted octanol–water partition coefficient (Wildman–Crippen LogP) is 3.74. The summed E-state index contributed by atoms with van der Waals surface area (Å²) in [5.74, 6) is 1.00. The molecule has 98 valence electrons. The van der Waals surface area contributed by atoms with E-state index in [4.69, 9.17) is 0 Å². The minimum atomic E-state index is 0.947. The Balaban J connectivity index is 2.12. The van der Waals surface area contributed by atoms with Gasteiger partial charge in [-0.05, 0) is 46.6 Å². The first-order valence-electron chi connectivity index (χ1n) is 6.37. The molecule has 0 spiro atoms.